The van der Waals surface area contributed by atoms with Crippen LogP contribution < -0.4 is 0 Å². The third-order valence-corrected chi connectivity index (χ3v) is 1.65. The molecule has 0 aromatic carbocycles. The molecule has 2 aromatic heterocycles. The number of H-pyrrole nitrogens is 1. The third kappa shape index (κ3) is 1.45. The van der Waals surface area contributed by atoms with Crippen molar-refractivity contribution in [1.82, 2.24) is 20.2 Å². The van der Waals surface area contributed by atoms with Crippen LogP contribution in [0.2, 0.25) is 0 Å². The topological polar surface area (TPSA) is 91.8 Å². The minimum absolute atomic E-state index is 0.0799. The van der Waals surface area contributed by atoms with Gasteiger partial charge in [0.1, 0.15) is 0 Å². The molecule has 2 heterocycles. The molecule has 0 bridgehead atoms. The Kier molecular flexibility index (Phi) is 1.94. The molecule has 2 N–H and O–H groups in total. The molecule has 0 aliphatic heterocycles. The summed E-state index contributed by atoms with van der Waals surface area (Å²) in [6.45, 7) is 0. The molecule has 0 saturated carbocycles. The Morgan fingerprint density at radius 3 is 2.86 bits per heavy atom. The molecule has 14 heavy (non-hydrogen) atoms. The van der Waals surface area contributed by atoms with Crippen molar-refractivity contribution < 1.29 is 9.90 Å². The molecule has 0 aliphatic carbocycles. The summed E-state index contributed by atoms with van der Waals surface area (Å²) in [7, 11) is 0. The summed E-state index contributed by atoms with van der Waals surface area (Å²) < 4.78 is 0. The maximum atomic E-state index is 10.6. The van der Waals surface area contributed by atoms with Gasteiger partial charge in [-0.2, -0.15) is 5.10 Å². The first-order valence-electron chi connectivity index (χ1n) is 3.82. The van der Waals surface area contributed by atoms with Gasteiger partial charge in [0.05, 0.1) is 24.3 Å². The smallest absolute Gasteiger partial charge is 0.356 e. The average Bonchev–Trinajstić information content (AvgIpc) is 2.71. The number of nitrogens with one attached hydrogen (secondary N) is 1. The van der Waals surface area contributed by atoms with E-state index in [0.29, 0.717) is 11.3 Å². The molecular weight excluding hydrogens is 184 g/mol. The summed E-state index contributed by atoms with van der Waals surface area (Å²) in [6, 6.07) is 0. The van der Waals surface area contributed by atoms with Gasteiger partial charge in [-0.15, -0.1) is 0 Å². The Hall–Kier alpha value is -2.24. The van der Waals surface area contributed by atoms with E-state index in [9.17, 15) is 4.79 Å². The van der Waals surface area contributed by atoms with Crippen molar-refractivity contribution in [2.45, 2.75) is 0 Å². The zero-order valence-electron chi connectivity index (χ0n) is 7.01. The molecule has 2 rings (SSSR count). The molecule has 0 aliphatic rings. The number of hydrogen-bond acceptors (Lipinski definition) is 4. The van der Waals surface area contributed by atoms with Crippen molar-refractivity contribution in [3.05, 3.63) is 30.5 Å². The Morgan fingerprint density at radius 2 is 2.21 bits per heavy atom. The summed E-state index contributed by atoms with van der Waals surface area (Å²) in [5, 5.41) is 15.0. The van der Waals surface area contributed by atoms with Gasteiger partial charge in [0.15, 0.2) is 5.69 Å². The summed E-state index contributed by atoms with van der Waals surface area (Å²) >= 11 is 0. The highest BCUT2D eigenvalue weighted by Crippen LogP contribution is 2.13. The maximum absolute atomic E-state index is 10.6. The molecule has 0 saturated heterocycles. The van der Waals surface area contributed by atoms with E-state index in [0.717, 1.165) is 0 Å². The zero-order chi connectivity index (χ0) is 9.97. The van der Waals surface area contributed by atoms with Gasteiger partial charge in [-0.1, -0.05) is 0 Å². The molecule has 0 fully saturated rings. The predicted molar refractivity (Wildman–Crippen MR) is 46.6 cm³/mol. The van der Waals surface area contributed by atoms with Crippen LogP contribution in [0.3, 0.4) is 0 Å². The van der Waals surface area contributed by atoms with Crippen LogP contribution in [0.25, 0.3) is 11.3 Å². The second kappa shape index (κ2) is 3.25. The Bertz CT molecular complexity index is 452. The molecule has 0 atom stereocenters. The lowest BCUT2D eigenvalue weighted by atomic mass is 10.2. The lowest BCUT2D eigenvalue weighted by Crippen LogP contribution is -2.01. The Balaban J connectivity index is 2.46. The van der Waals surface area contributed by atoms with Crippen LogP contribution in [0.4, 0.5) is 0 Å². The van der Waals surface area contributed by atoms with Gasteiger partial charge in [0, 0.05) is 11.8 Å². The fraction of sp³-hybridized carbons (Fsp3) is 0. The molecular formula is C8H6N4O2. The molecule has 6 heteroatoms. The van der Waals surface area contributed by atoms with Crippen LogP contribution in [0.5, 0.6) is 0 Å². The minimum Gasteiger partial charge on any atom is -0.476 e. The van der Waals surface area contributed by atoms with Crippen LogP contribution in [0.15, 0.2) is 24.8 Å². The first-order valence-corrected chi connectivity index (χ1v) is 3.82. The highest BCUT2D eigenvalue weighted by molar-refractivity contribution is 5.85. The lowest BCUT2D eigenvalue weighted by molar-refractivity contribution is 0.0690. The van der Waals surface area contributed by atoms with E-state index in [1.54, 1.807) is 12.4 Å². The summed E-state index contributed by atoms with van der Waals surface area (Å²) in [5.74, 6) is -1.09. The highest BCUT2D eigenvalue weighted by atomic mass is 16.4. The van der Waals surface area contributed by atoms with Gasteiger partial charge in [0.2, 0.25) is 0 Å². The van der Waals surface area contributed by atoms with E-state index in [4.69, 9.17) is 5.11 Å². The van der Waals surface area contributed by atoms with Crippen molar-refractivity contribution in [3.63, 3.8) is 0 Å². The number of rotatable bonds is 2. The van der Waals surface area contributed by atoms with Crippen LogP contribution >= 0.6 is 0 Å². The fourth-order valence-corrected chi connectivity index (χ4v) is 0.999. The van der Waals surface area contributed by atoms with E-state index < -0.39 is 5.97 Å². The van der Waals surface area contributed by atoms with Gasteiger partial charge < -0.3 is 5.11 Å². The molecule has 0 radical (unpaired) electrons. The summed E-state index contributed by atoms with van der Waals surface area (Å²) in [4.78, 5) is 18.3. The number of aromatic amines is 1. The Labute approximate surface area is 78.6 Å². The van der Waals surface area contributed by atoms with Crippen molar-refractivity contribution in [2.24, 2.45) is 0 Å². The second-order valence-corrected chi connectivity index (χ2v) is 2.58. The average molecular weight is 190 g/mol. The van der Waals surface area contributed by atoms with Crippen LogP contribution in [-0.4, -0.2) is 31.2 Å². The largest absolute Gasteiger partial charge is 0.476 e. The number of carbonyl (C=O) groups is 1. The van der Waals surface area contributed by atoms with Crippen LogP contribution in [0.1, 0.15) is 10.5 Å². The van der Waals surface area contributed by atoms with Gasteiger partial charge in [-0.3, -0.25) is 10.1 Å². The first-order chi connectivity index (χ1) is 6.77. The van der Waals surface area contributed by atoms with E-state index >= 15 is 0 Å². The van der Waals surface area contributed by atoms with E-state index in [-0.39, 0.29) is 5.69 Å². The summed E-state index contributed by atoms with van der Waals surface area (Å²) in [5.41, 5.74) is 1.11. The van der Waals surface area contributed by atoms with Crippen molar-refractivity contribution >= 4 is 5.97 Å². The van der Waals surface area contributed by atoms with E-state index in [1.807, 2.05) is 0 Å². The third-order valence-electron chi connectivity index (χ3n) is 1.65. The van der Waals surface area contributed by atoms with Gasteiger partial charge in [0.25, 0.3) is 0 Å². The van der Waals surface area contributed by atoms with E-state index in [2.05, 4.69) is 20.2 Å². The number of carboxylic acids is 1. The van der Waals surface area contributed by atoms with Gasteiger partial charge >= 0.3 is 5.97 Å². The number of nitrogens with zero attached hydrogens (tertiary/aromatic N) is 3. The Morgan fingerprint density at radius 1 is 1.36 bits per heavy atom. The maximum Gasteiger partial charge on any atom is 0.356 e. The monoisotopic (exact) mass is 190 g/mol. The van der Waals surface area contributed by atoms with Gasteiger partial charge in [-0.25, -0.2) is 9.78 Å². The fourth-order valence-electron chi connectivity index (χ4n) is 0.999. The van der Waals surface area contributed by atoms with Crippen LogP contribution in [0, 0.1) is 0 Å². The molecule has 0 unspecified atom stereocenters. The second-order valence-electron chi connectivity index (χ2n) is 2.58. The first kappa shape index (κ1) is 8.36. The molecule has 6 nitrogen and oxygen atoms in total. The molecule has 2 aromatic rings. The van der Waals surface area contributed by atoms with Crippen LogP contribution in [-0.2, 0) is 0 Å². The van der Waals surface area contributed by atoms with E-state index in [1.165, 1.54) is 12.4 Å². The highest BCUT2D eigenvalue weighted by Gasteiger charge is 2.07. The number of hydrogen-bond donors (Lipinski definition) is 2. The summed E-state index contributed by atoms with van der Waals surface area (Å²) in [6.07, 6.45) is 5.86. The molecule has 70 valence electrons. The number of aromatic nitrogens is 4. The zero-order valence-corrected chi connectivity index (χ0v) is 7.01. The van der Waals surface area contributed by atoms with Crippen molar-refractivity contribution in [2.75, 3.05) is 0 Å². The quantitative estimate of drug-likeness (QED) is 0.722. The van der Waals surface area contributed by atoms with Crippen molar-refractivity contribution in [3.8, 4) is 11.3 Å². The lowest BCUT2D eigenvalue weighted by Gasteiger charge is -1.96. The predicted octanol–water partition coefficient (Wildman–Crippen LogP) is 0.565. The number of carboxylic acid groups (broad SMARTS) is 1. The minimum atomic E-state index is -1.09. The van der Waals surface area contributed by atoms with Gasteiger partial charge in [-0.05, 0) is 0 Å². The normalized spacial score (nSPS) is 10.0. The van der Waals surface area contributed by atoms with Crippen molar-refractivity contribution in [1.29, 1.82) is 0 Å². The standard InChI is InChI=1S/C8H6N4O2/c13-8(14)7-4-9-3-6(12-7)5-1-10-11-2-5/h1-4H,(H,10,11)(H,13,14). The molecule has 0 spiro atoms. The SMILES string of the molecule is O=C(O)c1cncc(-c2cn[nH]c2)n1. The number of aromatic carboxylic acids is 1. The molecule has 0 amide bonds.